The Kier molecular flexibility index (Phi) is 5.40. The van der Waals surface area contributed by atoms with Gasteiger partial charge in [-0.3, -0.25) is 9.48 Å². The summed E-state index contributed by atoms with van der Waals surface area (Å²) in [7, 11) is 0. The number of carbonyl (C=O) groups is 1. The van der Waals surface area contributed by atoms with Crippen LogP contribution in [-0.2, 0) is 6.54 Å². The number of aryl methyl sites for hydroxylation is 2. The topological polar surface area (TPSA) is 69.0 Å². The molecule has 1 N–H and O–H groups in total. The minimum atomic E-state index is -0.162. The minimum Gasteiger partial charge on any atom is -0.473 e. The lowest BCUT2D eigenvalue weighted by atomic mass is 10.2. The zero-order valence-corrected chi connectivity index (χ0v) is 14.8. The lowest BCUT2D eigenvalue weighted by molar-refractivity contribution is 0.0944. The van der Waals surface area contributed by atoms with Crippen LogP contribution in [0.2, 0.25) is 0 Å². The van der Waals surface area contributed by atoms with E-state index < -0.39 is 0 Å². The summed E-state index contributed by atoms with van der Waals surface area (Å²) in [6.07, 6.45) is 2.80. The first-order valence-corrected chi connectivity index (χ1v) is 9.27. The molecule has 7 heteroatoms. The third kappa shape index (κ3) is 4.08. The second kappa shape index (κ2) is 7.70. The summed E-state index contributed by atoms with van der Waals surface area (Å²) in [5.41, 5.74) is 2.56. The fourth-order valence-corrected chi connectivity index (χ4v) is 3.79. The van der Waals surface area contributed by atoms with Gasteiger partial charge in [0.1, 0.15) is 11.7 Å². The van der Waals surface area contributed by atoms with Crippen LogP contribution >= 0.6 is 11.8 Å². The Morgan fingerprint density at radius 2 is 2.38 bits per heavy atom. The van der Waals surface area contributed by atoms with Crippen molar-refractivity contribution < 1.29 is 9.53 Å². The van der Waals surface area contributed by atoms with Gasteiger partial charge in [-0.25, -0.2) is 4.98 Å². The maximum Gasteiger partial charge on any atom is 0.256 e. The highest BCUT2D eigenvalue weighted by atomic mass is 32.2. The van der Waals surface area contributed by atoms with Crippen LogP contribution in [0, 0.1) is 13.8 Å². The Hall–Kier alpha value is -2.02. The van der Waals surface area contributed by atoms with Crippen LogP contribution in [0.5, 0.6) is 5.88 Å². The van der Waals surface area contributed by atoms with Crippen LogP contribution < -0.4 is 10.1 Å². The SMILES string of the molecule is Cc1cc(C)n(CCNC(=O)c2cccnc2OC2CCSC2)n1. The molecule has 0 bridgehead atoms. The van der Waals surface area contributed by atoms with E-state index in [0.29, 0.717) is 24.5 Å². The molecule has 0 radical (unpaired) electrons. The molecule has 0 aliphatic carbocycles. The summed E-state index contributed by atoms with van der Waals surface area (Å²) < 4.78 is 7.80. The highest BCUT2D eigenvalue weighted by molar-refractivity contribution is 7.99. The van der Waals surface area contributed by atoms with Crippen molar-refractivity contribution >= 4 is 17.7 Å². The van der Waals surface area contributed by atoms with Gasteiger partial charge in [0.2, 0.25) is 5.88 Å². The highest BCUT2D eigenvalue weighted by Gasteiger charge is 2.21. The number of hydrogen-bond acceptors (Lipinski definition) is 5. The average Bonchev–Trinajstić information content (AvgIpc) is 3.17. The molecule has 1 aliphatic heterocycles. The maximum absolute atomic E-state index is 12.5. The van der Waals surface area contributed by atoms with Crippen LogP contribution in [0.25, 0.3) is 0 Å². The second-order valence-corrected chi connectivity index (χ2v) is 7.02. The lowest BCUT2D eigenvalue weighted by Gasteiger charge is -2.14. The van der Waals surface area contributed by atoms with Crippen LogP contribution in [0.15, 0.2) is 24.4 Å². The van der Waals surface area contributed by atoms with Crippen molar-refractivity contribution in [2.45, 2.75) is 32.9 Å². The van der Waals surface area contributed by atoms with Crippen molar-refractivity contribution in [3.05, 3.63) is 41.3 Å². The molecule has 2 aromatic rings. The van der Waals surface area contributed by atoms with Gasteiger partial charge in [0.05, 0.1) is 12.2 Å². The van der Waals surface area contributed by atoms with Crippen LogP contribution in [-0.4, -0.2) is 44.8 Å². The fraction of sp³-hybridized carbons (Fsp3) is 0.471. The summed E-state index contributed by atoms with van der Waals surface area (Å²) in [5.74, 6) is 2.32. The van der Waals surface area contributed by atoms with Crippen molar-refractivity contribution in [1.29, 1.82) is 0 Å². The van der Waals surface area contributed by atoms with E-state index in [0.717, 1.165) is 29.3 Å². The number of nitrogens with one attached hydrogen (secondary N) is 1. The normalized spacial score (nSPS) is 17.0. The standard InChI is InChI=1S/C17H22N4O2S/c1-12-10-13(2)21(20-12)8-7-18-16(22)15-4-3-6-19-17(15)23-14-5-9-24-11-14/h3-4,6,10,14H,5,7-9,11H2,1-2H3,(H,18,22). The minimum absolute atomic E-state index is 0.145. The Bertz CT molecular complexity index is 710. The van der Waals surface area contributed by atoms with E-state index >= 15 is 0 Å². The molecule has 24 heavy (non-hydrogen) atoms. The third-order valence-corrected chi connectivity index (χ3v) is 5.03. The van der Waals surface area contributed by atoms with Gasteiger partial charge >= 0.3 is 0 Å². The Balaban J connectivity index is 1.59. The number of ether oxygens (including phenoxy) is 1. The van der Waals surface area contributed by atoms with E-state index in [1.165, 1.54) is 0 Å². The summed E-state index contributed by atoms with van der Waals surface area (Å²) in [6.45, 7) is 5.12. The van der Waals surface area contributed by atoms with Gasteiger partial charge < -0.3 is 10.1 Å². The fourth-order valence-electron chi connectivity index (χ4n) is 2.69. The number of nitrogens with zero attached hydrogens (tertiary/aromatic N) is 3. The van der Waals surface area contributed by atoms with Gasteiger partial charge in [0.25, 0.3) is 5.91 Å². The largest absolute Gasteiger partial charge is 0.473 e. The summed E-state index contributed by atoms with van der Waals surface area (Å²) >= 11 is 1.87. The van der Waals surface area contributed by atoms with E-state index in [1.807, 2.05) is 36.4 Å². The van der Waals surface area contributed by atoms with Gasteiger partial charge in [0, 0.05) is 24.2 Å². The van der Waals surface area contributed by atoms with E-state index in [9.17, 15) is 4.79 Å². The molecule has 3 rings (SSSR count). The molecule has 0 spiro atoms. The Morgan fingerprint density at radius 1 is 1.50 bits per heavy atom. The molecule has 1 atom stereocenters. The quantitative estimate of drug-likeness (QED) is 0.868. The van der Waals surface area contributed by atoms with Crippen molar-refractivity contribution in [1.82, 2.24) is 20.1 Å². The molecule has 6 nitrogen and oxygen atoms in total. The van der Waals surface area contributed by atoms with E-state index in [4.69, 9.17) is 4.74 Å². The van der Waals surface area contributed by atoms with Crippen molar-refractivity contribution in [3.8, 4) is 5.88 Å². The van der Waals surface area contributed by atoms with Gasteiger partial charge in [-0.2, -0.15) is 16.9 Å². The first-order chi connectivity index (χ1) is 11.6. The molecule has 1 aliphatic rings. The second-order valence-electron chi connectivity index (χ2n) is 5.87. The van der Waals surface area contributed by atoms with Gasteiger partial charge in [-0.1, -0.05) is 0 Å². The molecule has 128 valence electrons. The monoisotopic (exact) mass is 346 g/mol. The van der Waals surface area contributed by atoms with Crippen LogP contribution in [0.4, 0.5) is 0 Å². The highest BCUT2D eigenvalue weighted by Crippen LogP contribution is 2.24. The van der Waals surface area contributed by atoms with E-state index in [2.05, 4.69) is 15.4 Å². The van der Waals surface area contributed by atoms with Gasteiger partial charge in [0.15, 0.2) is 0 Å². The van der Waals surface area contributed by atoms with Gasteiger partial charge in [-0.05, 0) is 44.2 Å². The Morgan fingerprint density at radius 3 is 3.08 bits per heavy atom. The number of aromatic nitrogens is 3. The predicted molar refractivity (Wildman–Crippen MR) is 94.6 cm³/mol. The number of carbonyl (C=O) groups excluding carboxylic acids is 1. The number of rotatable bonds is 6. The third-order valence-electron chi connectivity index (χ3n) is 3.89. The van der Waals surface area contributed by atoms with Crippen molar-refractivity contribution in [3.63, 3.8) is 0 Å². The number of hydrogen-bond donors (Lipinski definition) is 1. The first-order valence-electron chi connectivity index (χ1n) is 8.12. The summed E-state index contributed by atoms with van der Waals surface area (Å²) in [6, 6.07) is 5.53. The molecule has 0 aromatic carbocycles. The number of pyridine rings is 1. The van der Waals surface area contributed by atoms with Crippen molar-refractivity contribution in [2.24, 2.45) is 0 Å². The Labute approximate surface area is 146 Å². The molecular formula is C17H22N4O2S. The van der Waals surface area contributed by atoms with Crippen molar-refractivity contribution in [2.75, 3.05) is 18.1 Å². The van der Waals surface area contributed by atoms with Gasteiger partial charge in [-0.15, -0.1) is 0 Å². The molecule has 0 saturated carbocycles. The molecule has 1 fully saturated rings. The van der Waals surface area contributed by atoms with Crippen LogP contribution in [0.3, 0.4) is 0 Å². The molecule has 1 saturated heterocycles. The predicted octanol–water partition coefficient (Wildman–Crippen LogP) is 2.21. The molecule has 1 amide bonds. The zero-order chi connectivity index (χ0) is 16.9. The van der Waals surface area contributed by atoms with E-state index in [1.54, 1.807) is 18.3 Å². The summed E-state index contributed by atoms with van der Waals surface area (Å²) in [4.78, 5) is 16.7. The smallest absolute Gasteiger partial charge is 0.256 e. The van der Waals surface area contributed by atoms with Crippen LogP contribution in [0.1, 0.15) is 28.2 Å². The average molecular weight is 346 g/mol. The molecular weight excluding hydrogens is 324 g/mol. The molecule has 3 heterocycles. The van der Waals surface area contributed by atoms with E-state index in [-0.39, 0.29) is 12.0 Å². The summed E-state index contributed by atoms with van der Waals surface area (Å²) in [5, 5.41) is 7.32. The lowest BCUT2D eigenvalue weighted by Crippen LogP contribution is -2.29. The number of amides is 1. The number of thioether (sulfide) groups is 1. The molecule has 1 unspecified atom stereocenters. The maximum atomic E-state index is 12.5. The first kappa shape index (κ1) is 16.8. The zero-order valence-electron chi connectivity index (χ0n) is 14.0. The molecule has 2 aromatic heterocycles.